The summed E-state index contributed by atoms with van der Waals surface area (Å²) in [5, 5.41) is 9.78. The summed E-state index contributed by atoms with van der Waals surface area (Å²) < 4.78 is 16.5. The van der Waals surface area contributed by atoms with Crippen molar-refractivity contribution in [1.29, 1.82) is 0 Å². The largest absolute Gasteiger partial charge is 0.495 e. The summed E-state index contributed by atoms with van der Waals surface area (Å²) in [5.41, 5.74) is 2.85. The molecule has 0 saturated carbocycles. The van der Waals surface area contributed by atoms with Crippen molar-refractivity contribution < 1.29 is 19.2 Å². The van der Waals surface area contributed by atoms with Crippen LogP contribution in [0.25, 0.3) is 0 Å². The third-order valence-corrected chi connectivity index (χ3v) is 3.40. The predicted octanol–water partition coefficient (Wildman–Crippen LogP) is 1.50. The van der Waals surface area contributed by atoms with E-state index in [9.17, 15) is 5.02 Å². The minimum Gasteiger partial charge on any atom is -0.492 e. The highest BCUT2D eigenvalue weighted by molar-refractivity contribution is 6.62. The van der Waals surface area contributed by atoms with Gasteiger partial charge in [-0.05, 0) is 17.2 Å². The Balaban J connectivity index is 1.47. The summed E-state index contributed by atoms with van der Waals surface area (Å²) in [6, 6.07) is 15.7. The van der Waals surface area contributed by atoms with Crippen molar-refractivity contribution in [3.63, 3.8) is 0 Å². The molecule has 1 heterocycles. The third-order valence-electron chi connectivity index (χ3n) is 3.40. The fourth-order valence-electron chi connectivity index (χ4n) is 2.35. The molecule has 21 heavy (non-hydrogen) atoms. The van der Waals surface area contributed by atoms with Crippen LogP contribution in [0.5, 0.6) is 5.75 Å². The van der Waals surface area contributed by atoms with Gasteiger partial charge in [0.1, 0.15) is 12.4 Å². The van der Waals surface area contributed by atoms with Crippen LogP contribution in [0.1, 0.15) is 11.1 Å². The number of hydrogen-bond donors (Lipinski definition) is 1. The van der Waals surface area contributed by atoms with Crippen LogP contribution in [0, 0.1) is 0 Å². The minimum atomic E-state index is -0.888. The first-order chi connectivity index (χ1) is 10.3. The summed E-state index contributed by atoms with van der Waals surface area (Å²) in [6.45, 7) is 1.94. The Hall–Kier alpha value is -1.82. The molecule has 0 atom stereocenters. The summed E-state index contributed by atoms with van der Waals surface area (Å²) in [6.07, 6.45) is 0. The molecule has 2 aromatic rings. The first kappa shape index (κ1) is 14.1. The van der Waals surface area contributed by atoms with Gasteiger partial charge in [0, 0.05) is 5.46 Å². The molecule has 0 radical (unpaired) electrons. The van der Waals surface area contributed by atoms with Gasteiger partial charge in [0.05, 0.1) is 19.8 Å². The molecule has 0 saturated heterocycles. The van der Waals surface area contributed by atoms with Crippen LogP contribution in [-0.4, -0.2) is 25.4 Å². The molecule has 4 nitrogen and oxygen atoms in total. The zero-order valence-electron chi connectivity index (χ0n) is 11.7. The lowest BCUT2D eigenvalue weighted by atomic mass is 9.79. The molecule has 0 fully saturated rings. The van der Waals surface area contributed by atoms with Crippen molar-refractivity contribution in [3.8, 4) is 5.75 Å². The highest BCUT2D eigenvalue weighted by atomic mass is 16.5. The van der Waals surface area contributed by atoms with Crippen LogP contribution in [0.4, 0.5) is 0 Å². The SMILES string of the molecule is OB1OCc2cccc(OCCOCc3ccccc3)c21. The topological polar surface area (TPSA) is 47.9 Å². The number of fused-ring (bicyclic) bond motifs is 1. The van der Waals surface area contributed by atoms with E-state index in [0.29, 0.717) is 32.2 Å². The molecule has 3 rings (SSSR count). The van der Waals surface area contributed by atoms with Crippen LogP contribution >= 0.6 is 0 Å². The quantitative estimate of drug-likeness (QED) is 0.645. The molecule has 2 aromatic carbocycles. The molecule has 0 aliphatic carbocycles. The standard InChI is InChI=1S/C16H17BO4/c18-17-16-14(12-21-17)7-4-8-15(16)20-10-9-19-11-13-5-2-1-3-6-13/h1-8,18H,9-12H2. The molecule has 108 valence electrons. The van der Waals surface area contributed by atoms with Crippen molar-refractivity contribution in [2.45, 2.75) is 13.2 Å². The molecular formula is C16H17BO4. The van der Waals surface area contributed by atoms with E-state index < -0.39 is 7.12 Å². The summed E-state index contributed by atoms with van der Waals surface area (Å²) in [7, 11) is -0.888. The maximum Gasteiger partial charge on any atom is 0.495 e. The first-order valence-electron chi connectivity index (χ1n) is 7.00. The molecule has 5 heteroatoms. The Bertz CT molecular complexity index is 588. The maximum atomic E-state index is 9.78. The van der Waals surface area contributed by atoms with Gasteiger partial charge in [-0.2, -0.15) is 0 Å². The molecule has 1 N–H and O–H groups in total. The van der Waals surface area contributed by atoms with Crippen molar-refractivity contribution in [1.82, 2.24) is 0 Å². The van der Waals surface area contributed by atoms with Crippen molar-refractivity contribution in [2.75, 3.05) is 13.2 Å². The lowest BCUT2D eigenvalue weighted by molar-refractivity contribution is 0.0892. The lowest BCUT2D eigenvalue weighted by Gasteiger charge is -2.11. The Morgan fingerprint density at radius 2 is 1.90 bits per heavy atom. The van der Waals surface area contributed by atoms with Gasteiger partial charge < -0.3 is 19.2 Å². The van der Waals surface area contributed by atoms with Gasteiger partial charge >= 0.3 is 7.12 Å². The van der Waals surface area contributed by atoms with Gasteiger partial charge in [-0.15, -0.1) is 0 Å². The van der Waals surface area contributed by atoms with Crippen LogP contribution in [0.2, 0.25) is 0 Å². The Labute approximate surface area is 124 Å². The second-order valence-corrected chi connectivity index (χ2v) is 4.88. The number of hydrogen-bond acceptors (Lipinski definition) is 4. The van der Waals surface area contributed by atoms with Gasteiger partial charge in [0.2, 0.25) is 0 Å². The normalized spacial score (nSPS) is 13.3. The van der Waals surface area contributed by atoms with Gasteiger partial charge in [-0.25, -0.2) is 0 Å². The van der Waals surface area contributed by atoms with E-state index in [1.165, 1.54) is 0 Å². The van der Waals surface area contributed by atoms with Crippen molar-refractivity contribution in [3.05, 3.63) is 59.7 Å². The highest BCUT2D eigenvalue weighted by Crippen LogP contribution is 2.18. The lowest BCUT2D eigenvalue weighted by Crippen LogP contribution is -2.30. The molecule has 1 aliphatic rings. The highest BCUT2D eigenvalue weighted by Gasteiger charge is 2.30. The van der Waals surface area contributed by atoms with Gasteiger partial charge in [-0.3, -0.25) is 0 Å². The number of ether oxygens (including phenoxy) is 2. The molecule has 1 aliphatic heterocycles. The second kappa shape index (κ2) is 6.76. The van der Waals surface area contributed by atoms with Crippen LogP contribution in [-0.2, 0) is 22.6 Å². The van der Waals surface area contributed by atoms with Gasteiger partial charge in [0.25, 0.3) is 0 Å². The van der Waals surface area contributed by atoms with Gasteiger partial charge in [0.15, 0.2) is 0 Å². The monoisotopic (exact) mass is 284 g/mol. The van der Waals surface area contributed by atoms with E-state index in [0.717, 1.165) is 16.6 Å². The van der Waals surface area contributed by atoms with E-state index in [1.54, 1.807) is 0 Å². The third kappa shape index (κ3) is 3.45. The molecule has 0 spiro atoms. The Morgan fingerprint density at radius 3 is 2.76 bits per heavy atom. The fraction of sp³-hybridized carbons (Fsp3) is 0.250. The zero-order chi connectivity index (χ0) is 14.5. The smallest absolute Gasteiger partial charge is 0.492 e. The van der Waals surface area contributed by atoms with E-state index in [4.69, 9.17) is 14.1 Å². The maximum absolute atomic E-state index is 9.78. The van der Waals surface area contributed by atoms with Crippen molar-refractivity contribution in [2.24, 2.45) is 0 Å². The van der Waals surface area contributed by atoms with E-state index in [-0.39, 0.29) is 0 Å². The molecule has 0 unspecified atom stereocenters. The van der Waals surface area contributed by atoms with Crippen LogP contribution < -0.4 is 10.2 Å². The minimum absolute atomic E-state index is 0.429. The fourth-order valence-corrected chi connectivity index (χ4v) is 2.35. The Kier molecular flexibility index (Phi) is 4.55. The first-order valence-corrected chi connectivity index (χ1v) is 7.00. The number of rotatable bonds is 6. The molecular weight excluding hydrogens is 267 g/mol. The van der Waals surface area contributed by atoms with Crippen LogP contribution in [0.3, 0.4) is 0 Å². The number of benzene rings is 2. The summed E-state index contributed by atoms with van der Waals surface area (Å²) >= 11 is 0. The van der Waals surface area contributed by atoms with E-state index >= 15 is 0 Å². The predicted molar refractivity (Wildman–Crippen MR) is 80.4 cm³/mol. The average molecular weight is 284 g/mol. The zero-order valence-corrected chi connectivity index (χ0v) is 11.7. The van der Waals surface area contributed by atoms with Crippen molar-refractivity contribution >= 4 is 12.6 Å². The molecule has 0 bridgehead atoms. The summed E-state index contributed by atoms with van der Waals surface area (Å²) in [4.78, 5) is 0. The Morgan fingerprint density at radius 1 is 1.05 bits per heavy atom. The molecule has 0 amide bonds. The average Bonchev–Trinajstić information content (AvgIpc) is 2.90. The van der Waals surface area contributed by atoms with E-state index in [2.05, 4.69) is 0 Å². The van der Waals surface area contributed by atoms with Crippen LogP contribution in [0.15, 0.2) is 48.5 Å². The molecule has 0 aromatic heterocycles. The summed E-state index contributed by atoms with van der Waals surface area (Å²) in [5.74, 6) is 0.667. The second-order valence-electron chi connectivity index (χ2n) is 4.88. The van der Waals surface area contributed by atoms with Gasteiger partial charge in [-0.1, -0.05) is 42.5 Å². The van der Waals surface area contributed by atoms with E-state index in [1.807, 2.05) is 48.5 Å².